The largest absolute Gasteiger partial charge is 0.497 e. The number of benzene rings is 2. The molecule has 142 valence electrons. The van der Waals surface area contributed by atoms with E-state index >= 15 is 0 Å². The van der Waals surface area contributed by atoms with Crippen molar-refractivity contribution < 1.29 is 9.53 Å². The molecule has 7 heteroatoms. The lowest BCUT2D eigenvalue weighted by Crippen LogP contribution is -2.14. The Bertz CT molecular complexity index is 1150. The Kier molecular flexibility index (Phi) is 5.11. The van der Waals surface area contributed by atoms with Crippen molar-refractivity contribution >= 4 is 43.9 Å². The molecular weight excluding hydrogens is 390 g/mol. The van der Waals surface area contributed by atoms with Crippen LogP contribution in [0.1, 0.15) is 16.8 Å². The molecule has 0 aliphatic rings. The third-order valence-corrected chi connectivity index (χ3v) is 6.16. The number of methoxy groups -OCH3 is 1. The van der Waals surface area contributed by atoms with Crippen LogP contribution in [0, 0.1) is 13.8 Å². The van der Waals surface area contributed by atoms with Crippen LogP contribution >= 0.6 is 22.7 Å². The molecule has 4 aromatic rings. The summed E-state index contributed by atoms with van der Waals surface area (Å²) in [6.07, 6.45) is 0.223. The highest BCUT2D eigenvalue weighted by Gasteiger charge is 2.13. The second-order valence-corrected chi connectivity index (χ2v) is 8.43. The highest BCUT2D eigenvalue weighted by Crippen LogP contribution is 2.30. The van der Waals surface area contributed by atoms with Crippen LogP contribution in [0.5, 0.6) is 5.75 Å². The lowest BCUT2D eigenvalue weighted by atomic mass is 10.1. The minimum atomic E-state index is -0.111. The van der Waals surface area contributed by atoms with Gasteiger partial charge in [0.1, 0.15) is 10.8 Å². The topological polar surface area (TPSA) is 64.1 Å². The number of aryl methyl sites for hydroxylation is 2. The maximum atomic E-state index is 12.4. The zero-order chi connectivity index (χ0) is 19.7. The molecule has 0 unspecified atom stereocenters. The van der Waals surface area contributed by atoms with E-state index in [1.807, 2.05) is 36.6 Å². The van der Waals surface area contributed by atoms with E-state index < -0.39 is 0 Å². The van der Waals surface area contributed by atoms with Crippen LogP contribution in [-0.2, 0) is 11.2 Å². The first kappa shape index (κ1) is 18.6. The van der Waals surface area contributed by atoms with E-state index in [0.29, 0.717) is 5.13 Å². The Morgan fingerprint density at radius 3 is 2.68 bits per heavy atom. The lowest BCUT2D eigenvalue weighted by molar-refractivity contribution is -0.115. The molecule has 0 aliphatic heterocycles. The fourth-order valence-electron chi connectivity index (χ4n) is 3.01. The van der Waals surface area contributed by atoms with Crippen molar-refractivity contribution in [2.45, 2.75) is 20.3 Å². The summed E-state index contributed by atoms with van der Waals surface area (Å²) in [4.78, 5) is 21.6. The van der Waals surface area contributed by atoms with Crippen LogP contribution in [0.2, 0.25) is 0 Å². The molecule has 0 aliphatic carbocycles. The van der Waals surface area contributed by atoms with Gasteiger partial charge in [-0.05, 0) is 55.3 Å². The van der Waals surface area contributed by atoms with Gasteiger partial charge in [0.05, 0.1) is 29.4 Å². The van der Waals surface area contributed by atoms with Crippen LogP contribution in [-0.4, -0.2) is 23.0 Å². The highest BCUT2D eigenvalue weighted by atomic mass is 32.1. The summed E-state index contributed by atoms with van der Waals surface area (Å²) in [6, 6.07) is 11.9. The molecule has 4 rings (SSSR count). The average Bonchev–Trinajstić information content (AvgIpc) is 3.28. The van der Waals surface area contributed by atoms with E-state index in [-0.39, 0.29) is 12.3 Å². The van der Waals surface area contributed by atoms with Crippen LogP contribution in [0.4, 0.5) is 5.13 Å². The average molecular weight is 410 g/mol. The number of anilines is 1. The number of hydrogen-bond acceptors (Lipinski definition) is 6. The molecule has 2 aromatic heterocycles. The Balaban J connectivity index is 1.45. The van der Waals surface area contributed by atoms with E-state index in [2.05, 4.69) is 34.3 Å². The molecular formula is C21H19N3O2S2. The molecule has 28 heavy (non-hydrogen) atoms. The van der Waals surface area contributed by atoms with Gasteiger partial charge in [0.15, 0.2) is 5.13 Å². The number of carbonyl (C=O) groups is 1. The van der Waals surface area contributed by atoms with E-state index in [4.69, 9.17) is 4.74 Å². The predicted octanol–water partition coefficient (Wildman–Crippen LogP) is 5.23. The molecule has 1 N–H and O–H groups in total. The minimum absolute atomic E-state index is 0.111. The van der Waals surface area contributed by atoms with Gasteiger partial charge in [-0.25, -0.2) is 9.97 Å². The summed E-state index contributed by atoms with van der Waals surface area (Å²) in [5.74, 6) is 0.696. The first-order chi connectivity index (χ1) is 13.5. The molecule has 0 radical (unpaired) electrons. The zero-order valence-corrected chi connectivity index (χ0v) is 17.4. The van der Waals surface area contributed by atoms with Crippen LogP contribution in [0.3, 0.4) is 0 Å². The zero-order valence-electron chi connectivity index (χ0n) is 15.8. The summed E-state index contributed by atoms with van der Waals surface area (Å²) in [5.41, 5.74) is 5.02. The Morgan fingerprint density at radius 2 is 1.93 bits per heavy atom. The van der Waals surface area contributed by atoms with Gasteiger partial charge in [-0.1, -0.05) is 17.4 Å². The van der Waals surface area contributed by atoms with Gasteiger partial charge in [0.2, 0.25) is 5.91 Å². The summed E-state index contributed by atoms with van der Waals surface area (Å²) in [6.45, 7) is 4.10. The summed E-state index contributed by atoms with van der Waals surface area (Å²) in [7, 11) is 1.64. The SMILES string of the molecule is COc1ccc(-c2nc(CC(=O)Nc3nc4c(C)cc(C)cc4s3)cs2)cc1. The van der Waals surface area contributed by atoms with Crippen molar-refractivity contribution in [3.8, 4) is 16.3 Å². The molecule has 0 bridgehead atoms. The standard InChI is InChI=1S/C21H19N3O2S2/c1-12-8-13(2)19-17(9-12)28-21(24-19)23-18(25)10-15-11-27-20(22-15)14-4-6-16(26-3)7-5-14/h4-9,11H,10H2,1-3H3,(H,23,24,25). The fraction of sp³-hybridized carbons (Fsp3) is 0.190. The maximum Gasteiger partial charge on any atom is 0.232 e. The van der Waals surface area contributed by atoms with Crippen LogP contribution in [0.25, 0.3) is 20.8 Å². The molecule has 0 fully saturated rings. The quantitative estimate of drug-likeness (QED) is 0.490. The number of amides is 1. The number of aromatic nitrogens is 2. The second-order valence-electron chi connectivity index (χ2n) is 6.55. The first-order valence-corrected chi connectivity index (χ1v) is 10.5. The number of ether oxygens (including phenoxy) is 1. The Hall–Kier alpha value is -2.77. The van der Waals surface area contributed by atoms with Gasteiger partial charge >= 0.3 is 0 Å². The highest BCUT2D eigenvalue weighted by molar-refractivity contribution is 7.22. The normalized spacial score (nSPS) is 11.0. The monoisotopic (exact) mass is 409 g/mol. The number of hydrogen-bond donors (Lipinski definition) is 1. The van der Waals surface area contributed by atoms with Crippen molar-refractivity contribution in [2.75, 3.05) is 12.4 Å². The first-order valence-electron chi connectivity index (χ1n) is 8.78. The molecule has 2 aromatic carbocycles. The second kappa shape index (κ2) is 7.69. The van der Waals surface area contributed by atoms with Gasteiger partial charge in [0, 0.05) is 10.9 Å². The number of thiazole rings is 2. The van der Waals surface area contributed by atoms with Gasteiger partial charge in [-0.3, -0.25) is 4.79 Å². The molecule has 2 heterocycles. The summed E-state index contributed by atoms with van der Waals surface area (Å²) in [5, 5.41) is 6.34. The lowest BCUT2D eigenvalue weighted by Gasteiger charge is -2.00. The van der Waals surface area contributed by atoms with Crippen LogP contribution < -0.4 is 10.1 Å². The summed E-state index contributed by atoms with van der Waals surface area (Å²) >= 11 is 3.02. The van der Waals surface area contributed by atoms with Crippen molar-refractivity contribution in [3.63, 3.8) is 0 Å². The van der Waals surface area contributed by atoms with E-state index in [0.717, 1.165) is 37.8 Å². The van der Waals surface area contributed by atoms with Gasteiger partial charge < -0.3 is 10.1 Å². The predicted molar refractivity (Wildman–Crippen MR) is 116 cm³/mol. The number of nitrogens with zero attached hydrogens (tertiary/aromatic N) is 2. The molecule has 0 saturated carbocycles. The minimum Gasteiger partial charge on any atom is -0.497 e. The van der Waals surface area contributed by atoms with Gasteiger partial charge in [-0.15, -0.1) is 11.3 Å². The maximum absolute atomic E-state index is 12.4. The fourth-order valence-corrected chi connectivity index (χ4v) is 4.89. The Labute approximate surface area is 171 Å². The molecule has 0 saturated heterocycles. The third kappa shape index (κ3) is 3.90. The number of fused-ring (bicyclic) bond motifs is 1. The van der Waals surface area contributed by atoms with Gasteiger partial charge in [0.25, 0.3) is 0 Å². The summed E-state index contributed by atoms with van der Waals surface area (Å²) < 4.78 is 6.27. The number of nitrogens with one attached hydrogen (secondary N) is 1. The smallest absolute Gasteiger partial charge is 0.232 e. The van der Waals surface area contributed by atoms with Crippen molar-refractivity contribution in [1.82, 2.24) is 9.97 Å². The van der Waals surface area contributed by atoms with Crippen molar-refractivity contribution in [2.24, 2.45) is 0 Å². The Morgan fingerprint density at radius 1 is 1.14 bits per heavy atom. The van der Waals surface area contributed by atoms with E-state index in [9.17, 15) is 4.79 Å². The van der Waals surface area contributed by atoms with Gasteiger partial charge in [-0.2, -0.15) is 0 Å². The number of carbonyl (C=O) groups excluding carboxylic acids is 1. The van der Waals surface area contributed by atoms with Crippen molar-refractivity contribution in [3.05, 3.63) is 58.6 Å². The van der Waals surface area contributed by atoms with E-state index in [1.54, 1.807) is 7.11 Å². The molecule has 0 atom stereocenters. The third-order valence-electron chi connectivity index (χ3n) is 4.31. The molecule has 1 amide bonds. The van der Waals surface area contributed by atoms with Crippen LogP contribution in [0.15, 0.2) is 41.8 Å². The molecule has 0 spiro atoms. The molecule has 5 nitrogen and oxygen atoms in total. The van der Waals surface area contributed by atoms with E-state index in [1.165, 1.54) is 28.2 Å². The number of rotatable bonds is 5. The van der Waals surface area contributed by atoms with Crippen molar-refractivity contribution in [1.29, 1.82) is 0 Å².